The Morgan fingerprint density at radius 1 is 1.23 bits per heavy atom. The van der Waals surface area contributed by atoms with Crippen LogP contribution in [0.25, 0.3) is 11.1 Å². The van der Waals surface area contributed by atoms with Crippen molar-refractivity contribution in [3.8, 4) is 17.2 Å². The van der Waals surface area contributed by atoms with Gasteiger partial charge in [-0.15, -0.1) is 0 Å². The number of nitrogens with zero attached hydrogens (tertiary/aromatic N) is 3. The molecule has 4 nitrogen and oxygen atoms in total. The molecule has 1 aromatic heterocycles. The highest BCUT2D eigenvalue weighted by Crippen LogP contribution is 2.30. The fourth-order valence-corrected chi connectivity index (χ4v) is 2.72. The van der Waals surface area contributed by atoms with E-state index in [4.69, 9.17) is 0 Å². The van der Waals surface area contributed by atoms with E-state index in [-0.39, 0.29) is 5.69 Å². The zero-order chi connectivity index (χ0) is 15.4. The maximum atomic E-state index is 13.5. The SMILES string of the molecule is N#Cc1nc(N2CCNCC2)cc(-c2ccccc2)c1CF. The highest BCUT2D eigenvalue weighted by atomic mass is 19.1. The van der Waals surface area contributed by atoms with Crippen LogP contribution in [0.4, 0.5) is 10.2 Å². The zero-order valence-electron chi connectivity index (χ0n) is 12.2. The molecule has 1 aromatic carbocycles. The molecular weight excluding hydrogens is 279 g/mol. The first-order valence-corrected chi connectivity index (χ1v) is 7.34. The summed E-state index contributed by atoms with van der Waals surface area (Å²) in [5.41, 5.74) is 2.21. The van der Waals surface area contributed by atoms with Crippen molar-refractivity contribution in [1.29, 1.82) is 5.26 Å². The lowest BCUT2D eigenvalue weighted by Gasteiger charge is -2.29. The van der Waals surface area contributed by atoms with Crippen LogP contribution in [0.3, 0.4) is 0 Å². The second kappa shape index (κ2) is 6.54. The van der Waals surface area contributed by atoms with Crippen LogP contribution in [-0.4, -0.2) is 31.2 Å². The quantitative estimate of drug-likeness (QED) is 0.945. The Kier molecular flexibility index (Phi) is 4.31. The first-order chi connectivity index (χ1) is 10.8. The summed E-state index contributed by atoms with van der Waals surface area (Å²) in [6.45, 7) is 2.74. The molecular formula is C17H17FN4. The summed E-state index contributed by atoms with van der Waals surface area (Å²) >= 11 is 0. The standard InChI is InChI=1S/C17H17FN4/c18-11-15-14(13-4-2-1-3-5-13)10-17(21-16(15)12-19)22-8-6-20-7-9-22/h1-5,10,20H,6-9,11H2. The molecule has 0 spiro atoms. The second-order valence-electron chi connectivity index (χ2n) is 5.20. The van der Waals surface area contributed by atoms with E-state index in [1.54, 1.807) is 0 Å². The average Bonchev–Trinajstić information content (AvgIpc) is 2.62. The van der Waals surface area contributed by atoms with E-state index in [1.807, 2.05) is 42.5 Å². The molecule has 22 heavy (non-hydrogen) atoms. The molecule has 2 heterocycles. The molecule has 0 bridgehead atoms. The second-order valence-corrected chi connectivity index (χ2v) is 5.20. The summed E-state index contributed by atoms with van der Waals surface area (Å²) in [5, 5.41) is 12.6. The van der Waals surface area contributed by atoms with Crippen molar-refractivity contribution in [2.45, 2.75) is 6.67 Å². The number of nitrogens with one attached hydrogen (secondary N) is 1. The minimum atomic E-state index is -0.693. The Morgan fingerprint density at radius 3 is 2.59 bits per heavy atom. The fraction of sp³-hybridized carbons (Fsp3) is 0.294. The van der Waals surface area contributed by atoms with E-state index in [9.17, 15) is 9.65 Å². The molecule has 1 fully saturated rings. The van der Waals surface area contributed by atoms with Crippen molar-refractivity contribution in [1.82, 2.24) is 10.3 Å². The van der Waals surface area contributed by atoms with E-state index in [1.165, 1.54) is 0 Å². The number of hydrogen-bond acceptors (Lipinski definition) is 4. The molecule has 1 saturated heterocycles. The number of aromatic nitrogens is 1. The molecule has 3 rings (SSSR count). The summed E-state index contributed by atoms with van der Waals surface area (Å²) in [6.07, 6.45) is 0. The Hall–Kier alpha value is -2.45. The third kappa shape index (κ3) is 2.78. The van der Waals surface area contributed by atoms with Crippen molar-refractivity contribution in [2.24, 2.45) is 0 Å². The van der Waals surface area contributed by atoms with Gasteiger partial charge in [-0.25, -0.2) is 9.37 Å². The smallest absolute Gasteiger partial charge is 0.149 e. The van der Waals surface area contributed by atoms with Crippen molar-refractivity contribution in [3.63, 3.8) is 0 Å². The van der Waals surface area contributed by atoms with E-state index < -0.39 is 6.67 Å². The summed E-state index contributed by atoms with van der Waals surface area (Å²) in [4.78, 5) is 6.50. The lowest BCUT2D eigenvalue weighted by molar-refractivity contribution is 0.484. The van der Waals surface area contributed by atoms with Gasteiger partial charge in [-0.3, -0.25) is 0 Å². The molecule has 112 valence electrons. The van der Waals surface area contributed by atoms with Gasteiger partial charge in [0, 0.05) is 31.7 Å². The van der Waals surface area contributed by atoms with Crippen LogP contribution in [0.5, 0.6) is 0 Å². The Morgan fingerprint density at radius 2 is 1.95 bits per heavy atom. The molecule has 0 aliphatic carbocycles. The minimum Gasteiger partial charge on any atom is -0.354 e. The molecule has 1 aliphatic heterocycles. The summed E-state index contributed by atoms with van der Waals surface area (Å²) in [7, 11) is 0. The van der Waals surface area contributed by atoms with Gasteiger partial charge in [0.05, 0.1) is 0 Å². The van der Waals surface area contributed by atoms with Gasteiger partial charge in [0.2, 0.25) is 0 Å². The topological polar surface area (TPSA) is 52.0 Å². The third-order valence-electron chi connectivity index (χ3n) is 3.88. The van der Waals surface area contributed by atoms with Crippen molar-refractivity contribution >= 4 is 5.82 Å². The molecule has 0 radical (unpaired) electrons. The molecule has 5 heteroatoms. The predicted molar refractivity (Wildman–Crippen MR) is 84.3 cm³/mol. The number of halogens is 1. The van der Waals surface area contributed by atoms with E-state index >= 15 is 0 Å². The van der Waals surface area contributed by atoms with Crippen LogP contribution in [0.1, 0.15) is 11.3 Å². The molecule has 0 atom stereocenters. The molecule has 1 aliphatic rings. The van der Waals surface area contributed by atoms with Gasteiger partial charge in [0.1, 0.15) is 24.3 Å². The summed E-state index contributed by atoms with van der Waals surface area (Å²) < 4.78 is 13.5. The summed E-state index contributed by atoms with van der Waals surface area (Å²) in [6, 6.07) is 13.5. The normalized spacial score (nSPS) is 14.6. The largest absolute Gasteiger partial charge is 0.354 e. The maximum Gasteiger partial charge on any atom is 0.149 e. The highest BCUT2D eigenvalue weighted by molar-refractivity contribution is 5.72. The van der Waals surface area contributed by atoms with Crippen molar-refractivity contribution in [3.05, 3.63) is 47.7 Å². The number of benzene rings is 1. The van der Waals surface area contributed by atoms with Gasteiger partial charge in [-0.05, 0) is 17.2 Å². The fourth-order valence-electron chi connectivity index (χ4n) is 2.72. The monoisotopic (exact) mass is 296 g/mol. The number of rotatable bonds is 3. The van der Waals surface area contributed by atoms with Crippen molar-refractivity contribution < 1.29 is 4.39 Å². The molecule has 0 saturated carbocycles. The first kappa shape index (κ1) is 14.5. The number of anilines is 1. The number of pyridine rings is 1. The van der Waals surface area contributed by atoms with Gasteiger partial charge in [-0.1, -0.05) is 30.3 Å². The lowest BCUT2D eigenvalue weighted by atomic mass is 9.99. The number of alkyl halides is 1. The van der Waals surface area contributed by atoms with Crippen molar-refractivity contribution in [2.75, 3.05) is 31.1 Å². The lowest BCUT2D eigenvalue weighted by Crippen LogP contribution is -2.44. The molecule has 0 amide bonds. The first-order valence-electron chi connectivity index (χ1n) is 7.34. The van der Waals surface area contributed by atoms with E-state index in [0.29, 0.717) is 5.56 Å². The van der Waals surface area contributed by atoms with Gasteiger partial charge in [0.15, 0.2) is 0 Å². The van der Waals surface area contributed by atoms with Crippen LogP contribution >= 0.6 is 0 Å². The maximum absolute atomic E-state index is 13.5. The Labute approximate surface area is 129 Å². The number of hydrogen-bond donors (Lipinski definition) is 1. The van der Waals surface area contributed by atoms with Crippen LogP contribution in [0.15, 0.2) is 36.4 Å². The van der Waals surface area contributed by atoms with Crippen LogP contribution < -0.4 is 10.2 Å². The van der Waals surface area contributed by atoms with E-state index in [2.05, 4.69) is 15.2 Å². The minimum absolute atomic E-state index is 0.178. The molecule has 1 N–H and O–H groups in total. The van der Waals surface area contributed by atoms with Crippen LogP contribution in [-0.2, 0) is 6.67 Å². The Bertz CT molecular complexity index is 688. The van der Waals surface area contributed by atoms with Gasteiger partial charge < -0.3 is 10.2 Å². The average molecular weight is 296 g/mol. The predicted octanol–water partition coefficient (Wildman–Crippen LogP) is 2.50. The number of nitriles is 1. The summed E-state index contributed by atoms with van der Waals surface area (Å²) in [5.74, 6) is 0.745. The Balaban J connectivity index is 2.12. The molecule has 2 aromatic rings. The van der Waals surface area contributed by atoms with E-state index in [0.717, 1.165) is 43.1 Å². The van der Waals surface area contributed by atoms with Gasteiger partial charge in [-0.2, -0.15) is 5.26 Å². The van der Waals surface area contributed by atoms with Gasteiger partial charge >= 0.3 is 0 Å². The zero-order valence-corrected chi connectivity index (χ0v) is 12.2. The molecule has 0 unspecified atom stereocenters. The van der Waals surface area contributed by atoms with Crippen LogP contribution in [0, 0.1) is 11.3 Å². The number of piperazine rings is 1. The highest BCUT2D eigenvalue weighted by Gasteiger charge is 2.18. The third-order valence-corrected chi connectivity index (χ3v) is 3.88. The van der Waals surface area contributed by atoms with Crippen LogP contribution in [0.2, 0.25) is 0 Å². The van der Waals surface area contributed by atoms with Gasteiger partial charge in [0.25, 0.3) is 0 Å².